The maximum atomic E-state index is 5.38. The zero-order chi connectivity index (χ0) is 10.9. The van der Waals surface area contributed by atoms with E-state index in [1.54, 1.807) is 0 Å². The molecule has 0 aliphatic rings. The summed E-state index contributed by atoms with van der Waals surface area (Å²) in [6.07, 6.45) is 4.74. The minimum absolute atomic E-state index is 0.511. The van der Waals surface area contributed by atoms with Crippen molar-refractivity contribution in [3.63, 3.8) is 0 Å². The zero-order valence-corrected chi connectivity index (χ0v) is 9.43. The van der Waals surface area contributed by atoms with Crippen LogP contribution in [0.1, 0.15) is 34.1 Å². The molecule has 0 spiro atoms. The standard InChI is InChI=1S/C10H17N.C2H6/c1-8(2)9(3)6-5-7-10(4)11;1-2/h5-6,8H,3-4,7,11H2,1-2H3;1-2H3/b6-5-;. The predicted octanol–water partition coefficient (Wildman–Crippen LogP) is 3.64. The minimum atomic E-state index is 0.511. The van der Waals surface area contributed by atoms with Crippen molar-refractivity contribution in [3.8, 4) is 0 Å². The average molecular weight is 181 g/mol. The summed E-state index contributed by atoms with van der Waals surface area (Å²) in [4.78, 5) is 0. The molecule has 0 aliphatic heterocycles. The normalized spacial score (nSPS) is 9.62. The van der Waals surface area contributed by atoms with Crippen molar-refractivity contribution < 1.29 is 0 Å². The Balaban J connectivity index is 0. The summed E-state index contributed by atoms with van der Waals surface area (Å²) in [7, 11) is 0. The van der Waals surface area contributed by atoms with Gasteiger partial charge < -0.3 is 5.73 Å². The van der Waals surface area contributed by atoms with Gasteiger partial charge in [-0.25, -0.2) is 0 Å². The van der Waals surface area contributed by atoms with Crippen molar-refractivity contribution in [2.24, 2.45) is 11.7 Å². The molecule has 0 bridgehead atoms. The molecule has 0 aromatic heterocycles. The second-order valence-electron chi connectivity index (χ2n) is 2.99. The number of allylic oxidation sites excluding steroid dienone is 3. The third-order valence-electron chi connectivity index (χ3n) is 1.45. The highest BCUT2D eigenvalue weighted by atomic mass is 14.5. The van der Waals surface area contributed by atoms with E-state index < -0.39 is 0 Å². The van der Waals surface area contributed by atoms with Gasteiger partial charge in [0.05, 0.1) is 0 Å². The summed E-state index contributed by atoms with van der Waals surface area (Å²) in [6, 6.07) is 0. The van der Waals surface area contributed by atoms with Gasteiger partial charge in [-0.3, -0.25) is 0 Å². The van der Waals surface area contributed by atoms with E-state index in [2.05, 4.69) is 27.0 Å². The third-order valence-corrected chi connectivity index (χ3v) is 1.45. The Bertz CT molecular complexity index is 176. The Morgan fingerprint density at radius 3 is 2.08 bits per heavy atom. The Labute approximate surface area is 83.0 Å². The van der Waals surface area contributed by atoms with Crippen molar-refractivity contribution in [2.45, 2.75) is 34.1 Å². The van der Waals surface area contributed by atoms with E-state index in [1.807, 2.05) is 26.0 Å². The first-order valence-electron chi connectivity index (χ1n) is 4.82. The van der Waals surface area contributed by atoms with Crippen LogP contribution in [0.3, 0.4) is 0 Å². The fourth-order valence-corrected chi connectivity index (χ4v) is 0.554. The molecule has 0 fully saturated rings. The molecule has 1 nitrogen and oxygen atoms in total. The molecular formula is C12H23N. The minimum Gasteiger partial charge on any atom is -0.402 e. The lowest BCUT2D eigenvalue weighted by Crippen LogP contribution is -1.92. The highest BCUT2D eigenvalue weighted by Gasteiger charge is 1.93. The lowest BCUT2D eigenvalue weighted by atomic mass is 10.0. The molecule has 0 radical (unpaired) electrons. The molecular weight excluding hydrogens is 158 g/mol. The molecule has 0 aliphatic carbocycles. The van der Waals surface area contributed by atoms with Gasteiger partial charge in [0.25, 0.3) is 0 Å². The number of nitrogens with two attached hydrogens (primary N) is 1. The van der Waals surface area contributed by atoms with Crippen LogP contribution in [0.25, 0.3) is 0 Å². The van der Waals surface area contributed by atoms with Crippen LogP contribution in [0.5, 0.6) is 0 Å². The molecule has 0 saturated heterocycles. The maximum Gasteiger partial charge on any atom is 0.00464 e. The molecule has 76 valence electrons. The van der Waals surface area contributed by atoms with Crippen molar-refractivity contribution in [2.75, 3.05) is 0 Å². The Morgan fingerprint density at radius 1 is 1.31 bits per heavy atom. The highest BCUT2D eigenvalue weighted by Crippen LogP contribution is 2.08. The number of hydrogen-bond acceptors (Lipinski definition) is 1. The van der Waals surface area contributed by atoms with Crippen molar-refractivity contribution in [1.82, 2.24) is 0 Å². The second-order valence-corrected chi connectivity index (χ2v) is 2.99. The largest absolute Gasteiger partial charge is 0.402 e. The first kappa shape index (κ1) is 14.5. The Morgan fingerprint density at radius 2 is 1.77 bits per heavy atom. The fourth-order valence-electron chi connectivity index (χ4n) is 0.554. The molecule has 0 aromatic carbocycles. The van der Waals surface area contributed by atoms with Crippen LogP contribution in [-0.2, 0) is 0 Å². The second kappa shape index (κ2) is 9.11. The summed E-state index contributed by atoms with van der Waals surface area (Å²) in [5.41, 5.74) is 7.20. The molecule has 13 heavy (non-hydrogen) atoms. The van der Waals surface area contributed by atoms with E-state index in [4.69, 9.17) is 5.73 Å². The van der Waals surface area contributed by atoms with E-state index in [1.165, 1.54) is 0 Å². The number of rotatable bonds is 4. The maximum absolute atomic E-state index is 5.38. The van der Waals surface area contributed by atoms with E-state index in [0.717, 1.165) is 12.0 Å². The van der Waals surface area contributed by atoms with Gasteiger partial charge >= 0.3 is 0 Å². The van der Waals surface area contributed by atoms with Gasteiger partial charge in [-0.2, -0.15) is 0 Å². The van der Waals surface area contributed by atoms with Crippen LogP contribution in [-0.4, -0.2) is 0 Å². The predicted molar refractivity (Wildman–Crippen MR) is 62.4 cm³/mol. The van der Waals surface area contributed by atoms with Crippen LogP contribution in [0.15, 0.2) is 36.6 Å². The molecule has 1 heteroatoms. The van der Waals surface area contributed by atoms with Crippen molar-refractivity contribution in [3.05, 3.63) is 36.6 Å². The summed E-state index contributed by atoms with van der Waals surface area (Å²) in [5.74, 6) is 0.511. The molecule has 0 rings (SSSR count). The smallest absolute Gasteiger partial charge is 0.00464 e. The van der Waals surface area contributed by atoms with Crippen LogP contribution in [0.4, 0.5) is 0 Å². The summed E-state index contributed by atoms with van der Waals surface area (Å²) >= 11 is 0. The fraction of sp³-hybridized carbons (Fsp3) is 0.500. The SMILES string of the molecule is C=C(N)C/C=C\C(=C)C(C)C.CC. The van der Waals surface area contributed by atoms with Gasteiger partial charge in [-0.15, -0.1) is 0 Å². The summed E-state index contributed by atoms with van der Waals surface area (Å²) in [6.45, 7) is 15.7. The van der Waals surface area contributed by atoms with Gasteiger partial charge in [0.15, 0.2) is 0 Å². The monoisotopic (exact) mass is 181 g/mol. The lowest BCUT2D eigenvalue weighted by molar-refractivity contribution is 0.794. The third kappa shape index (κ3) is 11.0. The van der Waals surface area contributed by atoms with Gasteiger partial charge in [0.1, 0.15) is 0 Å². The first-order valence-corrected chi connectivity index (χ1v) is 4.82. The van der Waals surface area contributed by atoms with Crippen molar-refractivity contribution in [1.29, 1.82) is 0 Å². The van der Waals surface area contributed by atoms with E-state index >= 15 is 0 Å². The van der Waals surface area contributed by atoms with E-state index in [-0.39, 0.29) is 0 Å². The summed E-state index contributed by atoms with van der Waals surface area (Å²) in [5, 5.41) is 0. The number of hydrogen-bond donors (Lipinski definition) is 1. The van der Waals surface area contributed by atoms with Crippen LogP contribution >= 0.6 is 0 Å². The van der Waals surface area contributed by atoms with Gasteiger partial charge in [0.2, 0.25) is 0 Å². The Hall–Kier alpha value is -0.980. The van der Waals surface area contributed by atoms with Gasteiger partial charge in [-0.05, 0) is 5.92 Å². The molecule has 0 amide bonds. The Kier molecular flexibility index (Phi) is 10.2. The zero-order valence-electron chi connectivity index (χ0n) is 9.43. The van der Waals surface area contributed by atoms with Crippen LogP contribution < -0.4 is 5.73 Å². The molecule has 0 saturated carbocycles. The summed E-state index contributed by atoms with van der Waals surface area (Å²) < 4.78 is 0. The molecule has 0 aromatic rings. The topological polar surface area (TPSA) is 26.0 Å². The molecule has 0 atom stereocenters. The van der Waals surface area contributed by atoms with E-state index in [0.29, 0.717) is 11.6 Å². The van der Waals surface area contributed by atoms with Crippen molar-refractivity contribution >= 4 is 0 Å². The lowest BCUT2D eigenvalue weighted by Gasteiger charge is -2.02. The average Bonchev–Trinajstić information content (AvgIpc) is 2.07. The van der Waals surface area contributed by atoms with Crippen LogP contribution in [0.2, 0.25) is 0 Å². The van der Waals surface area contributed by atoms with Gasteiger partial charge in [-0.1, -0.05) is 58.6 Å². The van der Waals surface area contributed by atoms with Gasteiger partial charge in [0, 0.05) is 12.1 Å². The quantitative estimate of drug-likeness (QED) is 0.658. The molecule has 2 N–H and O–H groups in total. The van der Waals surface area contributed by atoms with E-state index in [9.17, 15) is 0 Å². The van der Waals surface area contributed by atoms with Crippen LogP contribution in [0, 0.1) is 5.92 Å². The molecule has 0 unspecified atom stereocenters. The first-order chi connectivity index (χ1) is 6.04. The molecule has 0 heterocycles. The highest BCUT2D eigenvalue weighted by molar-refractivity contribution is 5.17.